The number of anilines is 1. The van der Waals surface area contributed by atoms with E-state index in [0.29, 0.717) is 5.92 Å². The number of para-hydroxylation sites is 2. The van der Waals surface area contributed by atoms with E-state index in [0.717, 1.165) is 59.9 Å². The topological polar surface area (TPSA) is 57.7 Å². The minimum absolute atomic E-state index is 0.475. The van der Waals surface area contributed by atoms with E-state index in [4.69, 9.17) is 4.98 Å². The summed E-state index contributed by atoms with van der Waals surface area (Å²) in [5.41, 5.74) is 5.45. The van der Waals surface area contributed by atoms with E-state index in [-0.39, 0.29) is 0 Å². The molecule has 140 valence electrons. The summed E-state index contributed by atoms with van der Waals surface area (Å²) in [6.07, 6.45) is 2.14. The molecule has 2 aromatic heterocycles. The first-order chi connectivity index (χ1) is 13.8. The molecule has 5 rings (SSSR count). The maximum atomic E-state index is 4.78. The monoisotopic (exact) mass is 369 g/mol. The lowest BCUT2D eigenvalue weighted by molar-refractivity contribution is 0.486. The zero-order valence-electron chi connectivity index (χ0n) is 16.0. The molecule has 0 radical (unpaired) electrons. The third-order valence-corrected chi connectivity index (χ3v) is 5.61. The van der Waals surface area contributed by atoms with Crippen LogP contribution in [0.25, 0.3) is 22.3 Å². The number of aromatic nitrogens is 4. The molecule has 1 aliphatic rings. The van der Waals surface area contributed by atoms with Crippen molar-refractivity contribution < 1.29 is 0 Å². The van der Waals surface area contributed by atoms with Crippen LogP contribution in [0.4, 0.5) is 5.82 Å². The predicted octanol–water partition coefficient (Wildman–Crippen LogP) is 4.71. The Morgan fingerprint density at radius 1 is 0.893 bits per heavy atom. The van der Waals surface area contributed by atoms with Crippen LogP contribution in [-0.4, -0.2) is 33.3 Å². The van der Waals surface area contributed by atoms with Crippen LogP contribution in [0.2, 0.25) is 0 Å². The lowest BCUT2D eigenvalue weighted by Gasteiger charge is -2.31. The van der Waals surface area contributed by atoms with Gasteiger partial charge in [0, 0.05) is 24.6 Å². The van der Waals surface area contributed by atoms with Crippen molar-refractivity contribution in [2.75, 3.05) is 18.0 Å². The molecule has 1 N–H and O–H groups in total. The van der Waals surface area contributed by atoms with Gasteiger partial charge in [-0.1, -0.05) is 42.0 Å². The van der Waals surface area contributed by atoms with Crippen LogP contribution < -0.4 is 4.90 Å². The molecule has 0 spiro atoms. The van der Waals surface area contributed by atoms with Gasteiger partial charge >= 0.3 is 0 Å². The molecule has 0 aliphatic carbocycles. The molecule has 28 heavy (non-hydrogen) atoms. The Hall–Kier alpha value is -3.21. The molecule has 1 aliphatic heterocycles. The first-order valence-corrected chi connectivity index (χ1v) is 9.87. The molecular formula is C23H23N5. The third-order valence-electron chi connectivity index (χ3n) is 5.61. The number of fused-ring (bicyclic) bond motifs is 1. The quantitative estimate of drug-likeness (QED) is 0.568. The molecule has 4 aromatic rings. The molecular weight excluding hydrogens is 346 g/mol. The lowest BCUT2D eigenvalue weighted by Crippen LogP contribution is -2.33. The van der Waals surface area contributed by atoms with Crippen LogP contribution >= 0.6 is 0 Å². The van der Waals surface area contributed by atoms with Crippen LogP contribution in [0, 0.1) is 6.92 Å². The third kappa shape index (κ3) is 3.24. The van der Waals surface area contributed by atoms with Gasteiger partial charge < -0.3 is 9.88 Å². The van der Waals surface area contributed by atoms with E-state index in [2.05, 4.69) is 75.5 Å². The molecule has 0 amide bonds. The summed E-state index contributed by atoms with van der Waals surface area (Å²) >= 11 is 0. The number of piperidine rings is 1. The minimum Gasteiger partial charge on any atom is -0.355 e. The number of benzene rings is 2. The molecule has 0 saturated carbocycles. The van der Waals surface area contributed by atoms with Crippen molar-refractivity contribution in [1.82, 2.24) is 20.2 Å². The van der Waals surface area contributed by atoms with Gasteiger partial charge in [0.05, 0.1) is 16.7 Å². The van der Waals surface area contributed by atoms with Gasteiger partial charge in [0.1, 0.15) is 5.82 Å². The summed E-state index contributed by atoms with van der Waals surface area (Å²) in [6, 6.07) is 20.8. The Morgan fingerprint density at radius 3 is 2.39 bits per heavy atom. The van der Waals surface area contributed by atoms with E-state index in [1.54, 1.807) is 0 Å². The van der Waals surface area contributed by atoms with Crippen molar-refractivity contribution in [3.8, 4) is 11.3 Å². The number of imidazole rings is 1. The SMILES string of the molecule is Cc1ccc(-c2ccc(N3CCC(c4nc5ccccc5[nH]4)CC3)nn2)cc1. The summed E-state index contributed by atoms with van der Waals surface area (Å²) in [6.45, 7) is 4.04. The normalized spacial score (nSPS) is 15.2. The summed E-state index contributed by atoms with van der Waals surface area (Å²) in [5, 5.41) is 8.94. The minimum atomic E-state index is 0.475. The Balaban J connectivity index is 1.26. The summed E-state index contributed by atoms with van der Waals surface area (Å²) in [5.74, 6) is 2.55. The van der Waals surface area contributed by atoms with Gasteiger partial charge in [-0.05, 0) is 44.0 Å². The van der Waals surface area contributed by atoms with E-state index in [1.165, 1.54) is 5.56 Å². The molecule has 5 heteroatoms. The number of hydrogen-bond acceptors (Lipinski definition) is 4. The van der Waals surface area contributed by atoms with Gasteiger partial charge in [-0.25, -0.2) is 4.98 Å². The molecule has 1 fully saturated rings. The van der Waals surface area contributed by atoms with E-state index in [9.17, 15) is 0 Å². The highest BCUT2D eigenvalue weighted by Gasteiger charge is 2.24. The second-order valence-corrected chi connectivity index (χ2v) is 7.54. The molecule has 3 heterocycles. The smallest absolute Gasteiger partial charge is 0.151 e. The Morgan fingerprint density at radius 2 is 1.68 bits per heavy atom. The largest absolute Gasteiger partial charge is 0.355 e. The number of rotatable bonds is 3. The zero-order valence-corrected chi connectivity index (χ0v) is 16.0. The molecule has 0 atom stereocenters. The first kappa shape index (κ1) is 16.9. The number of hydrogen-bond donors (Lipinski definition) is 1. The standard InChI is InChI=1S/C23H23N5/c1-16-6-8-17(9-7-16)19-10-11-22(27-26-19)28-14-12-18(13-15-28)23-24-20-4-2-3-5-21(20)25-23/h2-11,18H,12-15H2,1H3,(H,24,25). The van der Waals surface area contributed by atoms with Crippen LogP contribution in [0.15, 0.2) is 60.7 Å². The van der Waals surface area contributed by atoms with Crippen LogP contribution in [0.1, 0.15) is 30.1 Å². The highest BCUT2D eigenvalue weighted by atomic mass is 15.3. The van der Waals surface area contributed by atoms with Crippen molar-refractivity contribution in [2.45, 2.75) is 25.7 Å². The van der Waals surface area contributed by atoms with Crippen LogP contribution in [0.3, 0.4) is 0 Å². The van der Waals surface area contributed by atoms with Crippen molar-refractivity contribution in [2.24, 2.45) is 0 Å². The zero-order chi connectivity index (χ0) is 18.9. The van der Waals surface area contributed by atoms with Crippen molar-refractivity contribution >= 4 is 16.9 Å². The maximum absolute atomic E-state index is 4.78. The second kappa shape index (κ2) is 7.08. The Labute approximate surface area is 164 Å². The van der Waals surface area contributed by atoms with E-state index < -0.39 is 0 Å². The lowest BCUT2D eigenvalue weighted by atomic mass is 9.96. The van der Waals surface area contributed by atoms with Gasteiger partial charge in [0.15, 0.2) is 5.82 Å². The first-order valence-electron chi connectivity index (χ1n) is 9.87. The van der Waals surface area contributed by atoms with Gasteiger partial charge in [0.2, 0.25) is 0 Å². The van der Waals surface area contributed by atoms with Crippen molar-refractivity contribution in [1.29, 1.82) is 0 Å². The fraction of sp³-hybridized carbons (Fsp3) is 0.261. The second-order valence-electron chi connectivity index (χ2n) is 7.54. The summed E-state index contributed by atoms with van der Waals surface area (Å²) in [4.78, 5) is 10.6. The van der Waals surface area contributed by atoms with E-state index in [1.807, 2.05) is 12.1 Å². The van der Waals surface area contributed by atoms with Crippen LogP contribution in [0.5, 0.6) is 0 Å². The number of aromatic amines is 1. The molecule has 5 nitrogen and oxygen atoms in total. The number of nitrogens with zero attached hydrogens (tertiary/aromatic N) is 4. The molecule has 0 unspecified atom stereocenters. The number of aryl methyl sites for hydroxylation is 1. The fourth-order valence-electron chi connectivity index (χ4n) is 3.92. The maximum Gasteiger partial charge on any atom is 0.151 e. The van der Waals surface area contributed by atoms with Gasteiger partial charge in [-0.15, -0.1) is 10.2 Å². The average molecular weight is 369 g/mol. The molecule has 1 saturated heterocycles. The fourth-order valence-corrected chi connectivity index (χ4v) is 3.92. The summed E-state index contributed by atoms with van der Waals surface area (Å²) in [7, 11) is 0. The average Bonchev–Trinajstić information content (AvgIpc) is 3.19. The van der Waals surface area contributed by atoms with Gasteiger partial charge in [-0.2, -0.15) is 0 Å². The Kier molecular flexibility index (Phi) is 4.28. The van der Waals surface area contributed by atoms with Gasteiger partial charge in [-0.3, -0.25) is 0 Å². The van der Waals surface area contributed by atoms with E-state index >= 15 is 0 Å². The molecule has 0 bridgehead atoms. The molecule has 2 aromatic carbocycles. The Bertz CT molecular complexity index is 1040. The highest BCUT2D eigenvalue weighted by molar-refractivity contribution is 5.74. The van der Waals surface area contributed by atoms with Crippen molar-refractivity contribution in [3.05, 3.63) is 72.1 Å². The number of nitrogens with one attached hydrogen (secondary N) is 1. The van der Waals surface area contributed by atoms with Crippen molar-refractivity contribution in [3.63, 3.8) is 0 Å². The summed E-state index contributed by atoms with van der Waals surface area (Å²) < 4.78 is 0. The highest BCUT2D eigenvalue weighted by Crippen LogP contribution is 2.29. The predicted molar refractivity (Wildman–Crippen MR) is 112 cm³/mol. The van der Waals surface area contributed by atoms with Crippen LogP contribution in [-0.2, 0) is 0 Å². The number of H-pyrrole nitrogens is 1. The van der Waals surface area contributed by atoms with Gasteiger partial charge in [0.25, 0.3) is 0 Å².